The van der Waals surface area contributed by atoms with Crippen LogP contribution in [0.1, 0.15) is 23.2 Å². The molecule has 1 rings (SSSR count). The molecule has 1 aromatic rings. The third-order valence-corrected chi connectivity index (χ3v) is 2.92. The van der Waals surface area contributed by atoms with E-state index in [0.717, 1.165) is 6.54 Å². The van der Waals surface area contributed by atoms with Crippen LogP contribution in [0.5, 0.6) is 0 Å². The van der Waals surface area contributed by atoms with E-state index in [1.54, 1.807) is 24.3 Å². The zero-order chi connectivity index (χ0) is 14.8. The van der Waals surface area contributed by atoms with Gasteiger partial charge in [-0.05, 0) is 37.7 Å². The van der Waals surface area contributed by atoms with Crippen molar-refractivity contribution in [3.05, 3.63) is 34.9 Å². The highest BCUT2D eigenvalue weighted by atomic mass is 35.5. The van der Waals surface area contributed by atoms with Gasteiger partial charge in [0.25, 0.3) is 5.91 Å². The van der Waals surface area contributed by atoms with Gasteiger partial charge in [0.05, 0.1) is 0 Å². The molecule has 0 saturated carbocycles. The highest BCUT2D eigenvalue weighted by Gasteiger charge is 2.05. The monoisotopic (exact) mass is 297 g/mol. The Hall–Kier alpha value is -1.59. The largest absolute Gasteiger partial charge is 0.355 e. The molecule has 0 unspecified atom stereocenters. The van der Waals surface area contributed by atoms with Crippen LogP contribution in [0.2, 0.25) is 5.02 Å². The smallest absolute Gasteiger partial charge is 0.251 e. The Kier molecular flexibility index (Phi) is 7.69. The number of carbonyl (C=O) groups excluding carboxylic acids is 2. The number of hydrogen-bond donors (Lipinski definition) is 3. The van der Waals surface area contributed by atoms with Gasteiger partial charge in [0.15, 0.2) is 0 Å². The van der Waals surface area contributed by atoms with Gasteiger partial charge in [-0.1, -0.05) is 11.6 Å². The molecule has 0 spiro atoms. The van der Waals surface area contributed by atoms with Crippen LogP contribution in [0.4, 0.5) is 0 Å². The second-order valence-corrected chi connectivity index (χ2v) is 4.76. The Morgan fingerprint density at radius 3 is 2.40 bits per heavy atom. The average molecular weight is 298 g/mol. The van der Waals surface area contributed by atoms with Crippen LogP contribution in [0, 0.1) is 0 Å². The van der Waals surface area contributed by atoms with E-state index in [0.29, 0.717) is 36.5 Å². The summed E-state index contributed by atoms with van der Waals surface area (Å²) in [5.74, 6) is -0.154. The van der Waals surface area contributed by atoms with Gasteiger partial charge in [0.2, 0.25) is 5.91 Å². The van der Waals surface area contributed by atoms with Crippen molar-refractivity contribution >= 4 is 23.4 Å². The van der Waals surface area contributed by atoms with E-state index in [1.807, 2.05) is 7.05 Å². The molecule has 2 amide bonds. The number of carbonyl (C=O) groups is 2. The minimum Gasteiger partial charge on any atom is -0.355 e. The molecular formula is C14H20ClN3O2. The van der Waals surface area contributed by atoms with E-state index in [4.69, 9.17) is 11.6 Å². The summed E-state index contributed by atoms with van der Waals surface area (Å²) in [4.78, 5) is 23.2. The van der Waals surface area contributed by atoms with E-state index in [2.05, 4.69) is 16.0 Å². The zero-order valence-electron chi connectivity index (χ0n) is 11.5. The summed E-state index contributed by atoms with van der Waals surface area (Å²) in [7, 11) is 1.83. The maximum absolute atomic E-state index is 11.7. The Bertz CT molecular complexity index is 435. The van der Waals surface area contributed by atoms with Gasteiger partial charge in [-0.2, -0.15) is 0 Å². The minimum atomic E-state index is -0.155. The van der Waals surface area contributed by atoms with Gasteiger partial charge < -0.3 is 16.0 Å². The van der Waals surface area contributed by atoms with Crippen molar-refractivity contribution in [1.29, 1.82) is 0 Å². The molecule has 0 atom stereocenters. The summed E-state index contributed by atoms with van der Waals surface area (Å²) < 4.78 is 0. The number of amides is 2. The fourth-order valence-electron chi connectivity index (χ4n) is 1.57. The zero-order valence-corrected chi connectivity index (χ0v) is 12.3. The van der Waals surface area contributed by atoms with E-state index < -0.39 is 0 Å². The molecule has 1 aromatic carbocycles. The first-order valence-corrected chi connectivity index (χ1v) is 6.96. The van der Waals surface area contributed by atoms with E-state index in [9.17, 15) is 9.59 Å². The number of benzene rings is 1. The highest BCUT2D eigenvalue weighted by Crippen LogP contribution is 2.09. The Labute approximate surface area is 124 Å². The van der Waals surface area contributed by atoms with Crippen LogP contribution in [-0.4, -0.2) is 38.5 Å². The summed E-state index contributed by atoms with van der Waals surface area (Å²) in [6.45, 7) is 1.84. The van der Waals surface area contributed by atoms with Crippen LogP contribution in [0.15, 0.2) is 24.3 Å². The molecule has 6 heteroatoms. The summed E-state index contributed by atoms with van der Waals surface area (Å²) >= 11 is 5.75. The van der Waals surface area contributed by atoms with Crippen LogP contribution in [0.25, 0.3) is 0 Å². The third-order valence-electron chi connectivity index (χ3n) is 2.67. The van der Waals surface area contributed by atoms with Crippen molar-refractivity contribution in [2.75, 3.05) is 26.7 Å². The number of halogens is 1. The number of rotatable bonds is 8. The lowest BCUT2D eigenvalue weighted by Gasteiger charge is -2.06. The summed E-state index contributed by atoms with van der Waals surface area (Å²) in [6, 6.07) is 6.68. The quantitative estimate of drug-likeness (QED) is 0.631. The number of nitrogens with one attached hydrogen (secondary N) is 3. The summed E-state index contributed by atoms with van der Waals surface area (Å²) in [5.41, 5.74) is 0.563. The normalized spacial score (nSPS) is 10.1. The third kappa shape index (κ3) is 6.54. The molecule has 20 heavy (non-hydrogen) atoms. The van der Waals surface area contributed by atoms with Gasteiger partial charge >= 0.3 is 0 Å². The first-order valence-electron chi connectivity index (χ1n) is 6.58. The first-order chi connectivity index (χ1) is 9.63. The Morgan fingerprint density at radius 2 is 1.75 bits per heavy atom. The van der Waals surface area contributed by atoms with E-state index in [1.165, 1.54) is 0 Å². The first kappa shape index (κ1) is 16.5. The van der Waals surface area contributed by atoms with E-state index in [-0.39, 0.29) is 11.8 Å². The van der Waals surface area contributed by atoms with Crippen molar-refractivity contribution in [2.45, 2.75) is 12.8 Å². The maximum atomic E-state index is 11.7. The van der Waals surface area contributed by atoms with Gasteiger partial charge in [-0.15, -0.1) is 0 Å². The molecule has 0 heterocycles. The van der Waals surface area contributed by atoms with Crippen molar-refractivity contribution < 1.29 is 9.59 Å². The van der Waals surface area contributed by atoms with Crippen molar-refractivity contribution in [3.8, 4) is 0 Å². The highest BCUT2D eigenvalue weighted by molar-refractivity contribution is 6.30. The fraction of sp³-hybridized carbons (Fsp3) is 0.429. The van der Waals surface area contributed by atoms with Crippen LogP contribution >= 0.6 is 11.6 Å². The predicted octanol–water partition coefficient (Wildman–Crippen LogP) is 1.19. The Balaban J connectivity index is 2.16. The van der Waals surface area contributed by atoms with Crippen molar-refractivity contribution in [1.82, 2.24) is 16.0 Å². The van der Waals surface area contributed by atoms with Gasteiger partial charge in [0.1, 0.15) is 0 Å². The second-order valence-electron chi connectivity index (χ2n) is 4.32. The molecule has 0 aliphatic rings. The number of hydrogen-bond acceptors (Lipinski definition) is 3. The standard InChI is InChI=1S/C14H20ClN3O2/c1-16-9-10-17-13(19)3-2-8-18-14(20)11-4-6-12(15)7-5-11/h4-7,16H,2-3,8-10H2,1H3,(H,17,19)(H,18,20). The van der Waals surface area contributed by atoms with Crippen molar-refractivity contribution in [3.63, 3.8) is 0 Å². The molecule has 5 nitrogen and oxygen atoms in total. The molecule has 0 saturated heterocycles. The molecular weight excluding hydrogens is 278 g/mol. The second kappa shape index (κ2) is 9.34. The molecule has 3 N–H and O–H groups in total. The van der Waals surface area contributed by atoms with E-state index >= 15 is 0 Å². The minimum absolute atomic E-state index is 0.000918. The number of likely N-dealkylation sites (N-methyl/N-ethyl adjacent to an activating group) is 1. The lowest BCUT2D eigenvalue weighted by Crippen LogP contribution is -2.31. The van der Waals surface area contributed by atoms with Crippen LogP contribution < -0.4 is 16.0 Å². The average Bonchev–Trinajstić information content (AvgIpc) is 2.44. The summed E-state index contributed by atoms with van der Waals surface area (Å²) in [6.07, 6.45) is 1.02. The topological polar surface area (TPSA) is 70.2 Å². The van der Waals surface area contributed by atoms with Crippen LogP contribution in [0.3, 0.4) is 0 Å². The molecule has 0 aliphatic heterocycles. The SMILES string of the molecule is CNCCNC(=O)CCCNC(=O)c1ccc(Cl)cc1. The molecule has 0 radical (unpaired) electrons. The lowest BCUT2D eigenvalue weighted by atomic mass is 10.2. The summed E-state index contributed by atoms with van der Waals surface area (Å²) in [5, 5.41) is 9.09. The maximum Gasteiger partial charge on any atom is 0.251 e. The van der Waals surface area contributed by atoms with Gasteiger partial charge in [0, 0.05) is 36.6 Å². The molecule has 0 bridgehead atoms. The fourth-order valence-corrected chi connectivity index (χ4v) is 1.70. The van der Waals surface area contributed by atoms with Crippen LogP contribution in [-0.2, 0) is 4.79 Å². The van der Waals surface area contributed by atoms with Crippen molar-refractivity contribution in [2.24, 2.45) is 0 Å². The Morgan fingerprint density at radius 1 is 1.05 bits per heavy atom. The van der Waals surface area contributed by atoms with Gasteiger partial charge in [-0.25, -0.2) is 0 Å². The molecule has 0 fully saturated rings. The van der Waals surface area contributed by atoms with Gasteiger partial charge in [-0.3, -0.25) is 9.59 Å². The molecule has 0 aromatic heterocycles. The molecule has 0 aliphatic carbocycles. The lowest BCUT2D eigenvalue weighted by molar-refractivity contribution is -0.121. The predicted molar refractivity (Wildman–Crippen MR) is 80.0 cm³/mol. The molecule has 110 valence electrons.